The van der Waals surface area contributed by atoms with Gasteiger partial charge in [0.15, 0.2) is 5.60 Å². The highest BCUT2D eigenvalue weighted by Gasteiger charge is 2.61. The van der Waals surface area contributed by atoms with Crippen molar-refractivity contribution in [3.05, 3.63) is 49.2 Å². The second-order valence-electron chi connectivity index (χ2n) is 5.82. The highest BCUT2D eigenvalue weighted by Crippen LogP contribution is 2.39. The van der Waals surface area contributed by atoms with Crippen molar-refractivity contribution in [2.75, 3.05) is 18.0 Å². The quantitative estimate of drug-likeness (QED) is 0.488. The molecule has 0 unspecified atom stereocenters. The summed E-state index contributed by atoms with van der Waals surface area (Å²) >= 11 is 9.87. The molecule has 2 aromatic rings. The van der Waals surface area contributed by atoms with Crippen LogP contribution in [0.1, 0.15) is 11.4 Å². The number of hydrogen-bond acceptors (Lipinski definition) is 4. The molecule has 0 aliphatic carbocycles. The first-order valence-electron chi connectivity index (χ1n) is 7.39. The molecule has 1 aliphatic rings. The molecule has 3 heterocycles. The molecule has 1 N–H and O–H groups in total. The lowest BCUT2D eigenvalue weighted by Crippen LogP contribution is -2.69. The molecule has 4 nitrogen and oxygen atoms in total. The molecule has 0 spiro atoms. The molecule has 3 rings (SSSR count). The van der Waals surface area contributed by atoms with Crippen molar-refractivity contribution in [2.24, 2.45) is 0 Å². The van der Waals surface area contributed by atoms with E-state index in [1.54, 1.807) is 19.1 Å². The first-order valence-corrected chi connectivity index (χ1v) is 9.77. The Kier molecular flexibility index (Phi) is 6.74. The minimum Gasteiger partial charge on any atom is -0.378 e. The van der Waals surface area contributed by atoms with Gasteiger partial charge in [0.2, 0.25) is 0 Å². The SMILES string of the molecule is Cc1nc(Br)ccc1Br.Cc1nc(N2CC(O)(C(F)(F)F)C2)ccc1Br. The van der Waals surface area contributed by atoms with Crippen LogP contribution in [-0.2, 0) is 0 Å². The molecule has 0 bridgehead atoms. The molecule has 0 radical (unpaired) electrons. The summed E-state index contributed by atoms with van der Waals surface area (Å²) in [6, 6.07) is 7.21. The Morgan fingerprint density at radius 3 is 1.88 bits per heavy atom. The number of alkyl halides is 3. The van der Waals surface area contributed by atoms with Crippen molar-refractivity contribution in [3.63, 3.8) is 0 Å². The van der Waals surface area contributed by atoms with Gasteiger partial charge in [0.1, 0.15) is 10.4 Å². The van der Waals surface area contributed by atoms with Gasteiger partial charge < -0.3 is 10.0 Å². The summed E-state index contributed by atoms with van der Waals surface area (Å²) in [4.78, 5) is 9.68. The maximum absolute atomic E-state index is 12.4. The van der Waals surface area contributed by atoms with E-state index in [1.807, 2.05) is 19.1 Å². The average molecular weight is 562 g/mol. The summed E-state index contributed by atoms with van der Waals surface area (Å²) in [5.41, 5.74) is -0.898. The molecule has 142 valence electrons. The van der Waals surface area contributed by atoms with E-state index in [9.17, 15) is 18.3 Å². The third-order valence-electron chi connectivity index (χ3n) is 3.75. The number of hydrogen-bond donors (Lipinski definition) is 1. The summed E-state index contributed by atoms with van der Waals surface area (Å²) in [5, 5.41) is 9.30. The number of pyridine rings is 2. The van der Waals surface area contributed by atoms with Crippen LogP contribution in [0, 0.1) is 13.8 Å². The van der Waals surface area contributed by atoms with Gasteiger partial charge in [-0.2, -0.15) is 13.2 Å². The van der Waals surface area contributed by atoms with Gasteiger partial charge in [-0.1, -0.05) is 0 Å². The molecule has 1 saturated heterocycles. The molecule has 0 atom stereocenters. The largest absolute Gasteiger partial charge is 0.420 e. The minimum absolute atomic E-state index is 0.444. The van der Waals surface area contributed by atoms with Crippen LogP contribution in [0.2, 0.25) is 0 Å². The molecule has 2 aromatic heterocycles. The summed E-state index contributed by atoms with van der Waals surface area (Å²) in [7, 11) is 0. The Labute approximate surface area is 174 Å². The number of aliphatic hydroxyl groups is 1. The highest BCUT2D eigenvalue weighted by molar-refractivity contribution is 9.11. The Hall–Kier alpha value is -0.710. The van der Waals surface area contributed by atoms with Crippen LogP contribution in [0.5, 0.6) is 0 Å². The zero-order valence-electron chi connectivity index (χ0n) is 13.8. The first-order chi connectivity index (χ1) is 11.9. The van der Waals surface area contributed by atoms with E-state index in [-0.39, 0.29) is 0 Å². The summed E-state index contributed by atoms with van der Waals surface area (Å²) in [6.07, 6.45) is -4.59. The van der Waals surface area contributed by atoms with Crippen LogP contribution in [0.15, 0.2) is 37.8 Å². The van der Waals surface area contributed by atoms with E-state index < -0.39 is 24.9 Å². The van der Waals surface area contributed by atoms with Crippen molar-refractivity contribution in [1.29, 1.82) is 0 Å². The second-order valence-corrected chi connectivity index (χ2v) is 8.34. The zero-order chi connectivity index (χ0) is 19.7. The lowest BCUT2D eigenvalue weighted by molar-refractivity contribution is -0.267. The molecule has 0 saturated carbocycles. The fraction of sp³-hybridized carbons (Fsp3) is 0.375. The topological polar surface area (TPSA) is 49.2 Å². The minimum atomic E-state index is -4.59. The molecule has 26 heavy (non-hydrogen) atoms. The monoisotopic (exact) mass is 559 g/mol. The zero-order valence-corrected chi connectivity index (χ0v) is 18.5. The van der Waals surface area contributed by atoms with Crippen molar-refractivity contribution in [2.45, 2.75) is 25.6 Å². The Bertz CT molecular complexity index is 796. The Morgan fingerprint density at radius 2 is 1.46 bits per heavy atom. The van der Waals surface area contributed by atoms with E-state index in [0.29, 0.717) is 11.5 Å². The summed E-state index contributed by atoms with van der Waals surface area (Å²) < 4.78 is 40.0. The molecule has 0 aromatic carbocycles. The van der Waals surface area contributed by atoms with E-state index in [2.05, 4.69) is 57.8 Å². The number of rotatable bonds is 1. The normalized spacial score (nSPS) is 15.8. The number of nitrogens with zero attached hydrogens (tertiary/aromatic N) is 3. The maximum atomic E-state index is 12.4. The molecular formula is C16H15Br3F3N3O. The van der Waals surface area contributed by atoms with Gasteiger partial charge >= 0.3 is 6.18 Å². The first kappa shape index (κ1) is 21.6. The average Bonchev–Trinajstić information content (AvgIpc) is 2.50. The van der Waals surface area contributed by atoms with Crippen LogP contribution in [0.3, 0.4) is 0 Å². The van der Waals surface area contributed by atoms with E-state index in [4.69, 9.17) is 0 Å². The van der Waals surface area contributed by atoms with E-state index >= 15 is 0 Å². The smallest absolute Gasteiger partial charge is 0.378 e. The van der Waals surface area contributed by atoms with Gasteiger partial charge in [-0.05, 0) is 85.9 Å². The summed E-state index contributed by atoms with van der Waals surface area (Å²) in [5.74, 6) is 0.444. The highest BCUT2D eigenvalue weighted by atomic mass is 79.9. The van der Waals surface area contributed by atoms with Crippen molar-refractivity contribution in [3.8, 4) is 0 Å². The van der Waals surface area contributed by atoms with E-state index in [0.717, 1.165) is 19.2 Å². The number of aryl methyl sites for hydroxylation is 2. The van der Waals surface area contributed by atoms with Gasteiger partial charge in [-0.15, -0.1) is 0 Å². The number of aromatic nitrogens is 2. The predicted octanol–water partition coefficient (Wildman–Crippen LogP) is 5.18. The molecular weight excluding hydrogens is 547 g/mol. The number of halogens is 6. The van der Waals surface area contributed by atoms with Crippen LogP contribution < -0.4 is 4.90 Å². The lowest BCUT2D eigenvalue weighted by Gasteiger charge is -2.47. The van der Waals surface area contributed by atoms with Crippen LogP contribution in [0.25, 0.3) is 0 Å². The Balaban J connectivity index is 0.000000228. The molecule has 1 aliphatic heterocycles. The molecule has 10 heteroatoms. The van der Waals surface area contributed by atoms with E-state index in [1.165, 1.54) is 4.90 Å². The van der Waals surface area contributed by atoms with Gasteiger partial charge in [0.05, 0.1) is 24.5 Å². The number of anilines is 1. The van der Waals surface area contributed by atoms with Crippen molar-refractivity contribution >= 4 is 53.6 Å². The van der Waals surface area contributed by atoms with Crippen molar-refractivity contribution in [1.82, 2.24) is 9.97 Å². The van der Waals surface area contributed by atoms with Gasteiger partial charge in [0, 0.05) is 8.95 Å². The van der Waals surface area contributed by atoms with Gasteiger partial charge in [-0.25, -0.2) is 9.97 Å². The number of β-amino-alcohol motifs (C(OH)–C–C–N with tert-alkyl or cyclic N) is 1. The predicted molar refractivity (Wildman–Crippen MR) is 104 cm³/mol. The molecule has 1 fully saturated rings. The Morgan fingerprint density at radius 1 is 0.962 bits per heavy atom. The maximum Gasteiger partial charge on any atom is 0.420 e. The van der Waals surface area contributed by atoms with Gasteiger partial charge in [0.25, 0.3) is 0 Å². The summed E-state index contributed by atoms with van der Waals surface area (Å²) in [6.45, 7) is 2.77. The third-order valence-corrected chi connectivity index (χ3v) is 5.87. The van der Waals surface area contributed by atoms with Crippen molar-refractivity contribution < 1.29 is 18.3 Å². The molecule has 0 amide bonds. The third kappa shape index (κ3) is 4.96. The van der Waals surface area contributed by atoms with Crippen LogP contribution >= 0.6 is 47.8 Å². The van der Waals surface area contributed by atoms with Gasteiger partial charge in [-0.3, -0.25) is 0 Å². The fourth-order valence-corrected chi connectivity index (χ4v) is 2.99. The van der Waals surface area contributed by atoms with Crippen LogP contribution in [0.4, 0.5) is 19.0 Å². The van der Waals surface area contributed by atoms with Crippen LogP contribution in [-0.4, -0.2) is 39.9 Å². The second kappa shape index (κ2) is 8.12. The lowest BCUT2D eigenvalue weighted by atomic mass is 9.93. The fourth-order valence-electron chi connectivity index (χ4n) is 2.15. The standard InChI is InChI=1S/C10H10BrF3N2O.C6H5Br2N/c1-6-7(11)2-3-8(15-6)16-4-9(17,5-16)10(12,13)14;1-4-5(7)2-3-6(8)9-4/h2-3,17H,4-5H2,1H3;2-3H,1H3.